The van der Waals surface area contributed by atoms with Gasteiger partial charge in [-0.1, -0.05) is 25.3 Å². The number of hydrogen-bond donors (Lipinski definition) is 0. The number of aromatic nitrogens is 1. The molecule has 1 aliphatic carbocycles. The third-order valence-corrected chi connectivity index (χ3v) is 4.61. The lowest BCUT2D eigenvalue weighted by Crippen LogP contribution is -2.50. The number of pyridine rings is 1. The van der Waals surface area contributed by atoms with Crippen LogP contribution in [0.4, 0.5) is 0 Å². The molecule has 104 valence electrons. The quantitative estimate of drug-likeness (QED) is 0.831. The van der Waals surface area contributed by atoms with E-state index in [2.05, 4.69) is 26.9 Å². The number of hydrogen-bond acceptors (Lipinski definition) is 3. The van der Waals surface area contributed by atoms with Gasteiger partial charge in [-0.3, -0.25) is 14.8 Å². The highest BCUT2D eigenvalue weighted by Gasteiger charge is 2.24. The Bertz CT molecular complexity index is 365. The van der Waals surface area contributed by atoms with E-state index < -0.39 is 0 Å². The lowest BCUT2D eigenvalue weighted by atomic mass is 9.94. The van der Waals surface area contributed by atoms with Crippen LogP contribution in [0.5, 0.6) is 0 Å². The Kier molecular flexibility index (Phi) is 4.46. The van der Waals surface area contributed by atoms with Crippen molar-refractivity contribution < 1.29 is 0 Å². The zero-order valence-corrected chi connectivity index (χ0v) is 11.8. The van der Waals surface area contributed by atoms with Gasteiger partial charge < -0.3 is 0 Å². The first kappa shape index (κ1) is 13.1. The third kappa shape index (κ3) is 3.54. The van der Waals surface area contributed by atoms with E-state index in [0.29, 0.717) is 0 Å². The van der Waals surface area contributed by atoms with Crippen LogP contribution in [0.25, 0.3) is 0 Å². The molecule has 3 nitrogen and oxygen atoms in total. The summed E-state index contributed by atoms with van der Waals surface area (Å²) in [5.74, 6) is 0. The first-order chi connectivity index (χ1) is 9.42. The van der Waals surface area contributed by atoms with E-state index in [0.717, 1.165) is 12.6 Å². The maximum atomic E-state index is 4.43. The fourth-order valence-electron chi connectivity index (χ4n) is 3.45. The molecule has 3 rings (SSSR count). The third-order valence-electron chi connectivity index (χ3n) is 4.61. The highest BCUT2D eigenvalue weighted by molar-refractivity contribution is 5.03. The molecule has 19 heavy (non-hydrogen) atoms. The van der Waals surface area contributed by atoms with Crippen molar-refractivity contribution in [2.24, 2.45) is 0 Å². The van der Waals surface area contributed by atoms with E-state index in [1.54, 1.807) is 0 Å². The van der Waals surface area contributed by atoms with E-state index in [-0.39, 0.29) is 0 Å². The van der Waals surface area contributed by atoms with Gasteiger partial charge >= 0.3 is 0 Å². The molecule has 0 atom stereocenters. The standard InChI is InChI=1S/C16H25N3/c1-2-7-16(8-3-1)19-12-10-18(11-13-19)14-15-6-4-5-9-17-15/h4-6,9,16H,1-3,7-8,10-14H2. The molecule has 2 aliphatic rings. The van der Waals surface area contributed by atoms with Crippen molar-refractivity contribution in [3.8, 4) is 0 Å². The van der Waals surface area contributed by atoms with Crippen molar-refractivity contribution in [3.05, 3.63) is 30.1 Å². The summed E-state index contributed by atoms with van der Waals surface area (Å²) in [7, 11) is 0. The average molecular weight is 259 g/mol. The molecule has 0 amide bonds. The highest BCUT2D eigenvalue weighted by atomic mass is 15.3. The molecule has 1 saturated carbocycles. The summed E-state index contributed by atoms with van der Waals surface area (Å²) in [6, 6.07) is 7.09. The largest absolute Gasteiger partial charge is 0.298 e. The van der Waals surface area contributed by atoms with Gasteiger partial charge in [0.1, 0.15) is 0 Å². The minimum Gasteiger partial charge on any atom is -0.298 e. The molecule has 0 unspecified atom stereocenters. The van der Waals surface area contributed by atoms with E-state index in [1.807, 2.05) is 12.3 Å². The zero-order chi connectivity index (χ0) is 12.9. The minimum atomic E-state index is 0.880. The maximum Gasteiger partial charge on any atom is 0.0543 e. The van der Waals surface area contributed by atoms with Gasteiger partial charge in [0.25, 0.3) is 0 Å². The van der Waals surface area contributed by atoms with Crippen LogP contribution in [0.15, 0.2) is 24.4 Å². The normalized spacial score (nSPS) is 23.6. The van der Waals surface area contributed by atoms with Gasteiger partial charge in [-0.25, -0.2) is 0 Å². The topological polar surface area (TPSA) is 19.4 Å². The van der Waals surface area contributed by atoms with Gasteiger partial charge in [0.05, 0.1) is 5.69 Å². The first-order valence-electron chi connectivity index (χ1n) is 7.78. The van der Waals surface area contributed by atoms with Crippen LogP contribution in [0.1, 0.15) is 37.8 Å². The van der Waals surface area contributed by atoms with Gasteiger partial charge in [-0.15, -0.1) is 0 Å². The maximum absolute atomic E-state index is 4.43. The Morgan fingerprint density at radius 3 is 2.47 bits per heavy atom. The summed E-state index contributed by atoms with van der Waals surface area (Å²) in [5.41, 5.74) is 1.20. The van der Waals surface area contributed by atoms with Crippen molar-refractivity contribution in [3.63, 3.8) is 0 Å². The van der Waals surface area contributed by atoms with Crippen molar-refractivity contribution in [1.29, 1.82) is 0 Å². The van der Waals surface area contributed by atoms with Crippen LogP contribution in [-0.4, -0.2) is 47.0 Å². The van der Waals surface area contributed by atoms with Crippen LogP contribution in [0.2, 0.25) is 0 Å². The van der Waals surface area contributed by atoms with Gasteiger partial charge in [-0.05, 0) is 25.0 Å². The van der Waals surface area contributed by atoms with Gasteiger partial charge in [0.2, 0.25) is 0 Å². The molecule has 1 aliphatic heterocycles. The molecule has 2 fully saturated rings. The van der Waals surface area contributed by atoms with Crippen LogP contribution in [-0.2, 0) is 6.54 Å². The number of nitrogens with zero attached hydrogens (tertiary/aromatic N) is 3. The monoisotopic (exact) mass is 259 g/mol. The highest BCUT2D eigenvalue weighted by Crippen LogP contribution is 2.23. The smallest absolute Gasteiger partial charge is 0.0543 e. The first-order valence-corrected chi connectivity index (χ1v) is 7.78. The molecule has 0 bridgehead atoms. The number of piperazine rings is 1. The lowest BCUT2D eigenvalue weighted by Gasteiger charge is -2.40. The molecule has 0 N–H and O–H groups in total. The molecule has 1 saturated heterocycles. The van der Waals surface area contributed by atoms with Gasteiger partial charge in [-0.2, -0.15) is 0 Å². The Balaban J connectivity index is 1.46. The Morgan fingerprint density at radius 1 is 1.00 bits per heavy atom. The van der Waals surface area contributed by atoms with E-state index in [4.69, 9.17) is 0 Å². The number of rotatable bonds is 3. The predicted molar refractivity (Wildman–Crippen MR) is 78.0 cm³/mol. The molecule has 0 spiro atoms. The average Bonchev–Trinajstić information content (AvgIpc) is 2.50. The summed E-state index contributed by atoms with van der Waals surface area (Å²) in [6.45, 7) is 5.91. The zero-order valence-electron chi connectivity index (χ0n) is 11.8. The van der Waals surface area contributed by atoms with E-state index in [9.17, 15) is 0 Å². The lowest BCUT2D eigenvalue weighted by molar-refractivity contribution is 0.0749. The van der Waals surface area contributed by atoms with Crippen LogP contribution < -0.4 is 0 Å². The van der Waals surface area contributed by atoms with E-state index >= 15 is 0 Å². The van der Waals surface area contributed by atoms with Crippen molar-refractivity contribution in [2.45, 2.75) is 44.7 Å². The molecule has 3 heteroatoms. The minimum absolute atomic E-state index is 0.880. The summed E-state index contributed by atoms with van der Waals surface area (Å²) < 4.78 is 0. The van der Waals surface area contributed by atoms with Crippen LogP contribution >= 0.6 is 0 Å². The molecular weight excluding hydrogens is 234 g/mol. The second-order valence-electron chi connectivity index (χ2n) is 5.93. The second-order valence-corrected chi connectivity index (χ2v) is 5.93. The molecule has 2 heterocycles. The summed E-state index contributed by atoms with van der Waals surface area (Å²) >= 11 is 0. The van der Waals surface area contributed by atoms with Gasteiger partial charge in [0.15, 0.2) is 0 Å². The Morgan fingerprint density at radius 2 is 1.79 bits per heavy atom. The van der Waals surface area contributed by atoms with E-state index in [1.165, 1.54) is 64.0 Å². The van der Waals surface area contributed by atoms with Crippen molar-refractivity contribution in [2.75, 3.05) is 26.2 Å². The molecular formula is C16H25N3. The Hall–Kier alpha value is -0.930. The van der Waals surface area contributed by atoms with Crippen LogP contribution in [0.3, 0.4) is 0 Å². The predicted octanol–water partition coefficient (Wildman–Crippen LogP) is 2.53. The molecule has 0 aromatic carbocycles. The molecule has 0 radical (unpaired) electrons. The summed E-state index contributed by atoms with van der Waals surface area (Å²) in [6.07, 6.45) is 9.10. The Labute approximate surface area is 116 Å². The van der Waals surface area contributed by atoms with Crippen molar-refractivity contribution in [1.82, 2.24) is 14.8 Å². The summed E-state index contributed by atoms with van der Waals surface area (Å²) in [4.78, 5) is 9.70. The fourth-order valence-corrected chi connectivity index (χ4v) is 3.45. The summed E-state index contributed by atoms with van der Waals surface area (Å²) in [5, 5.41) is 0. The molecule has 1 aromatic heterocycles. The molecule has 1 aromatic rings. The second kappa shape index (κ2) is 6.49. The van der Waals surface area contributed by atoms with Crippen LogP contribution in [0, 0.1) is 0 Å². The SMILES string of the molecule is c1ccc(CN2CCN(C3CCCCC3)CC2)nc1. The fraction of sp³-hybridized carbons (Fsp3) is 0.688. The van der Waals surface area contributed by atoms with Crippen molar-refractivity contribution >= 4 is 0 Å². The van der Waals surface area contributed by atoms with Gasteiger partial charge in [0, 0.05) is 45.0 Å².